The molecule has 2 heteroatoms. The Morgan fingerprint density at radius 3 is 2.56 bits per heavy atom. The molecule has 5 rings (SSSR count). The van der Waals surface area contributed by atoms with Crippen molar-refractivity contribution in [3.63, 3.8) is 0 Å². The van der Waals surface area contributed by atoms with Gasteiger partial charge in [0.05, 0.1) is 11.2 Å². The molecule has 0 radical (unpaired) electrons. The van der Waals surface area contributed by atoms with Crippen LogP contribution in [0.2, 0.25) is 0 Å². The predicted octanol–water partition coefficient (Wildman–Crippen LogP) is 5.77. The quantitative estimate of drug-likeness (QED) is 0.443. The summed E-state index contributed by atoms with van der Waals surface area (Å²) in [7, 11) is 0. The molecule has 0 fully saturated rings. The predicted molar refractivity (Wildman–Crippen MR) is 102 cm³/mol. The average molecular weight is 323 g/mol. The number of ether oxygens (including phenoxy) is 1. The van der Waals surface area contributed by atoms with E-state index >= 15 is 0 Å². The molecule has 1 aromatic heterocycles. The van der Waals surface area contributed by atoms with Crippen LogP contribution >= 0.6 is 0 Å². The molecule has 1 aliphatic rings. The van der Waals surface area contributed by atoms with Gasteiger partial charge in [-0.15, -0.1) is 0 Å². The van der Waals surface area contributed by atoms with Crippen molar-refractivity contribution >= 4 is 10.9 Å². The molecule has 120 valence electrons. The maximum Gasteiger partial charge on any atom is 0.129 e. The second-order valence-corrected chi connectivity index (χ2v) is 6.49. The molecule has 0 spiro atoms. The number of rotatable bonds is 1. The number of hydrogen-bond donors (Lipinski definition) is 0. The number of hydrogen-bond acceptors (Lipinski definition) is 2. The summed E-state index contributed by atoms with van der Waals surface area (Å²) in [5.74, 6) is 0.910. The Bertz CT molecular complexity index is 1100. The van der Waals surface area contributed by atoms with Crippen molar-refractivity contribution in [1.29, 1.82) is 0 Å². The van der Waals surface area contributed by atoms with Crippen molar-refractivity contribution < 1.29 is 4.74 Å². The molecule has 0 saturated carbocycles. The summed E-state index contributed by atoms with van der Waals surface area (Å²) < 4.78 is 6.05. The highest BCUT2D eigenvalue weighted by Crippen LogP contribution is 2.43. The third-order valence-electron chi connectivity index (χ3n) is 4.82. The van der Waals surface area contributed by atoms with Gasteiger partial charge < -0.3 is 4.74 Å². The summed E-state index contributed by atoms with van der Waals surface area (Å²) in [6.45, 7) is 2.67. The van der Waals surface area contributed by atoms with Gasteiger partial charge in [0.15, 0.2) is 0 Å². The minimum atomic E-state index is 0.549. The minimum absolute atomic E-state index is 0.549. The second-order valence-electron chi connectivity index (χ2n) is 6.49. The fraction of sp³-hybridized carbons (Fsp3) is 0.0870. The molecule has 3 aromatic carbocycles. The maximum atomic E-state index is 6.05. The van der Waals surface area contributed by atoms with Crippen LogP contribution in [0.4, 0.5) is 0 Å². The molecule has 0 N–H and O–H groups in total. The van der Waals surface area contributed by atoms with Gasteiger partial charge in [0, 0.05) is 16.5 Å². The number of aryl methyl sites for hydroxylation is 1. The molecule has 0 atom stereocenters. The number of fused-ring (bicyclic) bond motifs is 4. The van der Waals surface area contributed by atoms with Gasteiger partial charge in [0.1, 0.15) is 12.4 Å². The number of aromatic nitrogens is 1. The van der Waals surface area contributed by atoms with Crippen LogP contribution in [0.1, 0.15) is 11.1 Å². The largest absolute Gasteiger partial charge is 0.488 e. The summed E-state index contributed by atoms with van der Waals surface area (Å²) in [5.41, 5.74) is 7.99. The summed E-state index contributed by atoms with van der Waals surface area (Å²) in [5, 5.41) is 1.19. The van der Waals surface area contributed by atoms with E-state index in [9.17, 15) is 0 Å². The highest BCUT2D eigenvalue weighted by molar-refractivity contribution is 6.00. The van der Waals surface area contributed by atoms with E-state index in [1.807, 2.05) is 18.2 Å². The Labute approximate surface area is 146 Å². The SMILES string of the molecule is Cc1ccc2nc3c(c(-c4ccccc4)c2c1)COc1ccccc1-3. The van der Waals surface area contributed by atoms with Gasteiger partial charge in [-0.25, -0.2) is 4.98 Å². The van der Waals surface area contributed by atoms with E-state index in [2.05, 4.69) is 61.5 Å². The zero-order valence-electron chi connectivity index (χ0n) is 14.0. The van der Waals surface area contributed by atoms with Gasteiger partial charge in [0.2, 0.25) is 0 Å². The zero-order chi connectivity index (χ0) is 16.8. The van der Waals surface area contributed by atoms with Crippen LogP contribution in [0.15, 0.2) is 72.8 Å². The minimum Gasteiger partial charge on any atom is -0.488 e. The third-order valence-corrected chi connectivity index (χ3v) is 4.82. The van der Waals surface area contributed by atoms with Gasteiger partial charge in [0.25, 0.3) is 0 Å². The fourth-order valence-electron chi connectivity index (χ4n) is 3.65. The lowest BCUT2D eigenvalue weighted by atomic mass is 9.90. The molecule has 0 bridgehead atoms. The Kier molecular flexibility index (Phi) is 3.10. The maximum absolute atomic E-state index is 6.05. The molecule has 0 amide bonds. The second kappa shape index (κ2) is 5.45. The van der Waals surface area contributed by atoms with E-state index in [0.29, 0.717) is 6.61 Å². The molecule has 2 nitrogen and oxygen atoms in total. The van der Waals surface area contributed by atoms with Gasteiger partial charge >= 0.3 is 0 Å². The molecule has 1 aliphatic heterocycles. The Hall–Kier alpha value is -3.13. The monoisotopic (exact) mass is 323 g/mol. The van der Waals surface area contributed by atoms with E-state index in [-0.39, 0.29) is 0 Å². The van der Waals surface area contributed by atoms with Gasteiger partial charge in [-0.05, 0) is 42.3 Å². The number of nitrogens with zero attached hydrogens (tertiary/aromatic N) is 1. The summed E-state index contributed by atoms with van der Waals surface area (Å²) in [4.78, 5) is 5.00. The van der Waals surface area contributed by atoms with E-state index in [0.717, 1.165) is 22.5 Å². The smallest absolute Gasteiger partial charge is 0.129 e. The fourth-order valence-corrected chi connectivity index (χ4v) is 3.65. The van der Waals surface area contributed by atoms with E-state index < -0.39 is 0 Å². The molecule has 25 heavy (non-hydrogen) atoms. The normalized spacial score (nSPS) is 12.4. The molecule has 0 aliphatic carbocycles. The van der Waals surface area contributed by atoms with Crippen LogP contribution in [-0.4, -0.2) is 4.98 Å². The van der Waals surface area contributed by atoms with Crippen LogP contribution < -0.4 is 4.74 Å². The number of para-hydroxylation sites is 1. The molecule has 0 unspecified atom stereocenters. The molecule has 0 saturated heterocycles. The van der Waals surface area contributed by atoms with Gasteiger partial charge in [-0.2, -0.15) is 0 Å². The molecule has 4 aromatic rings. The first-order valence-electron chi connectivity index (χ1n) is 8.52. The summed E-state index contributed by atoms with van der Waals surface area (Å²) in [6.07, 6.45) is 0. The van der Waals surface area contributed by atoms with Crippen LogP contribution in [0.25, 0.3) is 33.3 Å². The average Bonchev–Trinajstić information content (AvgIpc) is 2.67. The Morgan fingerprint density at radius 2 is 1.68 bits per heavy atom. The topological polar surface area (TPSA) is 22.1 Å². The highest BCUT2D eigenvalue weighted by Gasteiger charge is 2.24. The highest BCUT2D eigenvalue weighted by atomic mass is 16.5. The Morgan fingerprint density at radius 1 is 0.880 bits per heavy atom. The van der Waals surface area contributed by atoms with Crippen molar-refractivity contribution in [3.8, 4) is 28.1 Å². The first-order valence-corrected chi connectivity index (χ1v) is 8.52. The lowest BCUT2D eigenvalue weighted by molar-refractivity contribution is 0.302. The molecular weight excluding hydrogens is 306 g/mol. The molecular formula is C23H17NO. The standard InChI is InChI=1S/C23H17NO/c1-15-11-12-20-18(13-15)22(16-7-3-2-4-8-16)19-14-25-21-10-6-5-9-17(21)23(19)24-20/h2-13H,14H2,1H3. The van der Waals surface area contributed by atoms with Crippen molar-refractivity contribution in [3.05, 3.63) is 83.9 Å². The van der Waals surface area contributed by atoms with Gasteiger partial charge in [-0.1, -0.05) is 54.1 Å². The van der Waals surface area contributed by atoms with Gasteiger partial charge in [-0.3, -0.25) is 0 Å². The number of pyridine rings is 1. The Balaban J connectivity index is 1.93. The van der Waals surface area contributed by atoms with Crippen molar-refractivity contribution in [2.24, 2.45) is 0 Å². The molecule has 2 heterocycles. The first kappa shape index (κ1) is 14.2. The zero-order valence-corrected chi connectivity index (χ0v) is 14.0. The van der Waals surface area contributed by atoms with E-state index in [4.69, 9.17) is 9.72 Å². The van der Waals surface area contributed by atoms with Crippen molar-refractivity contribution in [1.82, 2.24) is 4.98 Å². The van der Waals surface area contributed by atoms with E-state index in [1.165, 1.54) is 27.6 Å². The summed E-state index contributed by atoms with van der Waals surface area (Å²) in [6, 6.07) is 25.2. The lowest BCUT2D eigenvalue weighted by Crippen LogP contribution is -2.09. The third kappa shape index (κ3) is 2.22. The van der Waals surface area contributed by atoms with Crippen molar-refractivity contribution in [2.75, 3.05) is 0 Å². The van der Waals surface area contributed by atoms with Crippen LogP contribution in [0.5, 0.6) is 5.75 Å². The first-order chi connectivity index (χ1) is 12.3. The summed E-state index contributed by atoms with van der Waals surface area (Å²) >= 11 is 0. The van der Waals surface area contributed by atoms with E-state index in [1.54, 1.807) is 0 Å². The van der Waals surface area contributed by atoms with Crippen LogP contribution in [-0.2, 0) is 6.61 Å². The van der Waals surface area contributed by atoms with Crippen molar-refractivity contribution in [2.45, 2.75) is 13.5 Å². The lowest BCUT2D eigenvalue weighted by Gasteiger charge is -2.24. The van der Waals surface area contributed by atoms with Crippen LogP contribution in [0, 0.1) is 6.92 Å². The van der Waals surface area contributed by atoms with Crippen LogP contribution in [0.3, 0.4) is 0 Å². The number of benzene rings is 3.